The van der Waals surface area contributed by atoms with Crippen molar-refractivity contribution in [3.63, 3.8) is 0 Å². The van der Waals surface area contributed by atoms with Crippen molar-refractivity contribution < 1.29 is 0 Å². The summed E-state index contributed by atoms with van der Waals surface area (Å²) >= 11 is 1.72. The maximum Gasteiger partial charge on any atom is 0.101 e. The third kappa shape index (κ3) is 7.18. The molecule has 3 aromatic rings. The topological polar surface area (TPSA) is 76.1 Å². The molecular formula is C25H30N4S. The van der Waals surface area contributed by atoms with Gasteiger partial charge in [-0.3, -0.25) is 0 Å². The molecule has 0 unspecified atom stereocenters. The maximum atomic E-state index is 6.09. The van der Waals surface area contributed by atoms with Crippen LogP contribution in [0.4, 0.5) is 5.69 Å². The average molecular weight is 419 g/mol. The van der Waals surface area contributed by atoms with Crippen molar-refractivity contribution in [2.75, 3.05) is 5.32 Å². The molecule has 0 radical (unpaired) electrons. The molecule has 2 aromatic carbocycles. The van der Waals surface area contributed by atoms with Gasteiger partial charge in [-0.1, -0.05) is 69.0 Å². The summed E-state index contributed by atoms with van der Waals surface area (Å²) in [7, 11) is 0. The minimum atomic E-state index is 0.508. The first-order valence-electron chi connectivity index (χ1n) is 9.93. The Balaban J connectivity index is 0.00000155. The molecule has 0 saturated carbocycles. The number of rotatable bonds is 8. The molecule has 156 valence electrons. The zero-order valence-electron chi connectivity index (χ0n) is 17.6. The van der Waals surface area contributed by atoms with E-state index in [4.69, 9.17) is 11.5 Å². The second-order valence-electron chi connectivity index (χ2n) is 6.23. The fraction of sp³-hybridized carbons (Fsp3) is 0.120. The van der Waals surface area contributed by atoms with E-state index < -0.39 is 0 Å². The highest BCUT2D eigenvalue weighted by Gasteiger charge is 2.02. The van der Waals surface area contributed by atoms with Crippen molar-refractivity contribution in [1.82, 2.24) is 5.32 Å². The molecule has 0 spiro atoms. The van der Waals surface area contributed by atoms with Crippen LogP contribution < -0.4 is 22.1 Å². The van der Waals surface area contributed by atoms with E-state index in [1.54, 1.807) is 23.5 Å². The number of thiophene rings is 1. The Morgan fingerprint density at radius 3 is 2.37 bits per heavy atom. The molecule has 0 saturated heterocycles. The van der Waals surface area contributed by atoms with Crippen LogP contribution in [0, 0.1) is 0 Å². The fourth-order valence-electron chi connectivity index (χ4n) is 2.61. The molecule has 0 atom stereocenters. The third-order valence-electron chi connectivity index (χ3n) is 4.11. The first kappa shape index (κ1) is 22.8. The zero-order valence-corrected chi connectivity index (χ0v) is 18.4. The Kier molecular flexibility index (Phi) is 9.28. The lowest BCUT2D eigenvalue weighted by Crippen LogP contribution is -2.11. The number of nitrogens with one attached hydrogen (secondary N) is 2. The van der Waals surface area contributed by atoms with Gasteiger partial charge in [0, 0.05) is 28.5 Å². The predicted octanol–water partition coefficient (Wildman–Crippen LogP) is 5.75. The monoisotopic (exact) mass is 418 g/mol. The van der Waals surface area contributed by atoms with Gasteiger partial charge < -0.3 is 22.1 Å². The highest BCUT2D eigenvalue weighted by Crippen LogP contribution is 2.18. The molecule has 0 amide bonds. The molecule has 1 aromatic heterocycles. The van der Waals surface area contributed by atoms with E-state index in [9.17, 15) is 0 Å². The minimum Gasteiger partial charge on any atom is -0.398 e. The van der Waals surface area contributed by atoms with Crippen LogP contribution in [0.15, 0.2) is 96.7 Å². The Hall–Kier alpha value is -3.44. The number of anilines is 1. The molecule has 4 nitrogen and oxygen atoms in total. The maximum absolute atomic E-state index is 6.09. The Morgan fingerprint density at radius 1 is 0.933 bits per heavy atom. The van der Waals surface area contributed by atoms with Gasteiger partial charge in [-0.25, -0.2) is 0 Å². The van der Waals surface area contributed by atoms with E-state index in [0.717, 1.165) is 29.1 Å². The van der Waals surface area contributed by atoms with Crippen LogP contribution in [0.1, 0.15) is 29.9 Å². The van der Waals surface area contributed by atoms with Gasteiger partial charge in [0.2, 0.25) is 0 Å². The van der Waals surface area contributed by atoms with Crippen molar-refractivity contribution in [2.45, 2.75) is 20.4 Å². The van der Waals surface area contributed by atoms with Gasteiger partial charge in [0.25, 0.3) is 0 Å². The lowest BCUT2D eigenvalue weighted by molar-refractivity contribution is 0.910. The van der Waals surface area contributed by atoms with Crippen LogP contribution in [0.3, 0.4) is 0 Å². The fourth-order valence-corrected chi connectivity index (χ4v) is 3.25. The molecule has 1 heterocycles. The van der Waals surface area contributed by atoms with E-state index in [-0.39, 0.29) is 0 Å². The normalized spacial score (nSPS) is 11.3. The molecule has 3 rings (SSSR count). The van der Waals surface area contributed by atoms with Crippen LogP contribution in [-0.4, -0.2) is 0 Å². The average Bonchev–Trinajstić information content (AvgIpc) is 3.32. The number of hydrogen-bond donors (Lipinski definition) is 4. The van der Waals surface area contributed by atoms with Crippen molar-refractivity contribution in [3.05, 3.63) is 113 Å². The van der Waals surface area contributed by atoms with Crippen molar-refractivity contribution in [3.8, 4) is 0 Å². The molecular weight excluding hydrogens is 388 g/mol. The summed E-state index contributed by atoms with van der Waals surface area (Å²) in [6.45, 7) is 8.90. The van der Waals surface area contributed by atoms with Crippen LogP contribution in [-0.2, 0) is 6.54 Å². The third-order valence-corrected chi connectivity index (χ3v) is 4.98. The van der Waals surface area contributed by atoms with Gasteiger partial charge in [-0.2, -0.15) is 0 Å². The largest absolute Gasteiger partial charge is 0.398 e. The quantitative estimate of drug-likeness (QED) is 0.352. The van der Waals surface area contributed by atoms with Crippen molar-refractivity contribution in [2.24, 2.45) is 11.5 Å². The predicted molar refractivity (Wildman–Crippen MR) is 132 cm³/mol. The second kappa shape index (κ2) is 12.2. The van der Waals surface area contributed by atoms with E-state index in [1.807, 2.05) is 74.5 Å². The minimum absolute atomic E-state index is 0.508. The van der Waals surface area contributed by atoms with Gasteiger partial charge >= 0.3 is 0 Å². The Labute approximate surface area is 183 Å². The first-order chi connectivity index (χ1) is 14.6. The van der Waals surface area contributed by atoms with Crippen LogP contribution in [0.2, 0.25) is 0 Å². The Bertz CT molecular complexity index is 973. The molecule has 0 fully saturated rings. The molecule has 0 aliphatic heterocycles. The summed E-state index contributed by atoms with van der Waals surface area (Å²) in [5, 5.41) is 8.61. The number of nitrogens with two attached hydrogens (primary N) is 2. The van der Waals surface area contributed by atoms with E-state index in [0.29, 0.717) is 11.5 Å². The molecule has 0 aliphatic rings. The van der Waals surface area contributed by atoms with E-state index in [1.165, 1.54) is 4.88 Å². The summed E-state index contributed by atoms with van der Waals surface area (Å²) in [5.41, 5.74) is 16.6. The van der Waals surface area contributed by atoms with Gasteiger partial charge in [0.15, 0.2) is 0 Å². The highest BCUT2D eigenvalue weighted by atomic mass is 32.1. The summed E-state index contributed by atoms with van der Waals surface area (Å²) < 4.78 is 0. The van der Waals surface area contributed by atoms with Crippen LogP contribution in [0.5, 0.6) is 0 Å². The molecule has 0 aliphatic carbocycles. The first-order valence-corrected chi connectivity index (χ1v) is 10.8. The second-order valence-corrected chi connectivity index (χ2v) is 7.26. The van der Waals surface area contributed by atoms with Crippen molar-refractivity contribution >= 4 is 28.4 Å². The molecule has 30 heavy (non-hydrogen) atoms. The number of hydrogen-bond acceptors (Lipinski definition) is 5. The summed E-state index contributed by atoms with van der Waals surface area (Å²) in [6, 6.07) is 21.9. The van der Waals surface area contributed by atoms with Crippen LogP contribution in [0.25, 0.3) is 11.4 Å². The van der Waals surface area contributed by atoms with Crippen molar-refractivity contribution in [1.29, 1.82) is 0 Å². The smallest absolute Gasteiger partial charge is 0.101 e. The van der Waals surface area contributed by atoms with Gasteiger partial charge in [-0.15, -0.1) is 11.3 Å². The van der Waals surface area contributed by atoms with E-state index in [2.05, 4.69) is 28.7 Å². The molecule has 0 bridgehead atoms. The number of benzene rings is 2. The van der Waals surface area contributed by atoms with Gasteiger partial charge in [-0.05, 0) is 46.9 Å². The molecule has 6 N–H and O–H groups in total. The summed E-state index contributed by atoms with van der Waals surface area (Å²) in [4.78, 5) is 1.27. The lowest BCUT2D eigenvalue weighted by Gasteiger charge is -2.12. The standard InChI is InChI=1S/C23H24N4S.C2H6/c1-17(26-16-21-11-6-14-28-21)19-9-5-10-20(15-19)27-23(25)13-12-22(24)18-7-3-2-4-8-18;1-2/h2-15,26-27H,1,16,24-25H2;1-2H3/b22-12-,23-13+;. The molecule has 5 heteroatoms. The lowest BCUT2D eigenvalue weighted by atomic mass is 10.1. The zero-order chi connectivity index (χ0) is 21.8. The van der Waals surface area contributed by atoms with Gasteiger partial charge in [0.1, 0.15) is 5.82 Å². The number of allylic oxidation sites excluding steroid dienone is 2. The summed E-state index contributed by atoms with van der Waals surface area (Å²) in [5.74, 6) is 0.508. The SMILES string of the molecule is C=C(NCc1cccs1)c1cccc(N/C(N)=C/C=C(\N)c2ccccc2)c1.CC. The van der Waals surface area contributed by atoms with E-state index >= 15 is 0 Å². The summed E-state index contributed by atoms with van der Waals surface area (Å²) in [6.07, 6.45) is 3.56. The van der Waals surface area contributed by atoms with Crippen LogP contribution >= 0.6 is 11.3 Å². The van der Waals surface area contributed by atoms with Gasteiger partial charge in [0.05, 0.1) is 0 Å². The highest BCUT2D eigenvalue weighted by molar-refractivity contribution is 7.09. The Morgan fingerprint density at radius 2 is 1.67 bits per heavy atom.